The van der Waals surface area contributed by atoms with Crippen molar-refractivity contribution in [3.63, 3.8) is 0 Å². The monoisotopic (exact) mass is 285 g/mol. The first-order valence-electron chi connectivity index (χ1n) is 5.19. The number of rotatable bonds is 2. The summed E-state index contributed by atoms with van der Waals surface area (Å²) >= 11 is 5.35. The van der Waals surface area contributed by atoms with Crippen molar-refractivity contribution >= 4 is 11.6 Å². The molecule has 0 heterocycles. The SMILES string of the molecule is NC(c1ccc(F)c(Cl)c1F)[C@@H]1C[C@H]1C(F)(F)F. The lowest BCUT2D eigenvalue weighted by Gasteiger charge is -2.14. The van der Waals surface area contributed by atoms with Gasteiger partial charge < -0.3 is 5.73 Å². The second-order valence-corrected chi connectivity index (χ2v) is 4.72. The molecule has 2 rings (SSSR count). The van der Waals surface area contributed by atoms with Crippen LogP contribution in [-0.4, -0.2) is 6.18 Å². The third kappa shape index (κ3) is 2.31. The molecule has 100 valence electrons. The van der Waals surface area contributed by atoms with E-state index in [4.69, 9.17) is 17.3 Å². The third-order valence-electron chi connectivity index (χ3n) is 3.15. The summed E-state index contributed by atoms with van der Waals surface area (Å²) in [4.78, 5) is 0. The molecule has 1 aliphatic carbocycles. The van der Waals surface area contributed by atoms with Crippen molar-refractivity contribution in [3.05, 3.63) is 34.4 Å². The van der Waals surface area contributed by atoms with Gasteiger partial charge in [0.25, 0.3) is 0 Å². The van der Waals surface area contributed by atoms with E-state index < -0.39 is 40.7 Å². The molecule has 0 bridgehead atoms. The van der Waals surface area contributed by atoms with Crippen LogP contribution in [0.2, 0.25) is 5.02 Å². The molecular weight excluding hydrogens is 277 g/mol. The summed E-state index contributed by atoms with van der Waals surface area (Å²) < 4.78 is 63.6. The lowest BCUT2D eigenvalue weighted by atomic mass is 10.0. The fourth-order valence-electron chi connectivity index (χ4n) is 2.02. The van der Waals surface area contributed by atoms with E-state index in [1.54, 1.807) is 0 Å². The molecule has 0 radical (unpaired) electrons. The Morgan fingerprint density at radius 3 is 2.39 bits per heavy atom. The van der Waals surface area contributed by atoms with E-state index in [1.807, 2.05) is 0 Å². The Hall–Kier alpha value is -0.880. The molecular formula is C11H9ClF5N. The lowest BCUT2D eigenvalue weighted by Crippen LogP contribution is -2.20. The van der Waals surface area contributed by atoms with Crippen molar-refractivity contribution in [3.8, 4) is 0 Å². The molecule has 1 aliphatic rings. The van der Waals surface area contributed by atoms with E-state index in [0.29, 0.717) is 0 Å². The van der Waals surface area contributed by atoms with E-state index in [2.05, 4.69) is 0 Å². The number of halogens is 6. The number of benzene rings is 1. The molecule has 0 saturated heterocycles. The Balaban J connectivity index is 2.22. The van der Waals surface area contributed by atoms with Gasteiger partial charge in [-0.3, -0.25) is 0 Å². The van der Waals surface area contributed by atoms with Gasteiger partial charge in [0.15, 0.2) is 0 Å². The van der Waals surface area contributed by atoms with Gasteiger partial charge in [-0.2, -0.15) is 13.2 Å². The molecule has 0 aromatic heterocycles. The van der Waals surface area contributed by atoms with Gasteiger partial charge in [-0.05, 0) is 18.4 Å². The Morgan fingerprint density at radius 2 is 1.89 bits per heavy atom. The van der Waals surface area contributed by atoms with Crippen molar-refractivity contribution in [1.29, 1.82) is 0 Å². The molecule has 0 aliphatic heterocycles. The molecule has 1 nitrogen and oxygen atoms in total. The van der Waals surface area contributed by atoms with Gasteiger partial charge in [-0.25, -0.2) is 8.78 Å². The van der Waals surface area contributed by atoms with Crippen LogP contribution in [0, 0.1) is 23.5 Å². The van der Waals surface area contributed by atoms with Crippen LogP contribution in [0.4, 0.5) is 22.0 Å². The number of alkyl halides is 3. The van der Waals surface area contributed by atoms with Gasteiger partial charge in [0, 0.05) is 11.6 Å². The topological polar surface area (TPSA) is 26.0 Å². The molecule has 3 atom stereocenters. The van der Waals surface area contributed by atoms with Gasteiger partial charge in [0.05, 0.1) is 5.92 Å². The Labute approximate surface area is 105 Å². The van der Waals surface area contributed by atoms with Crippen molar-refractivity contribution < 1.29 is 22.0 Å². The summed E-state index contributed by atoms with van der Waals surface area (Å²) in [7, 11) is 0. The fourth-order valence-corrected chi connectivity index (χ4v) is 2.19. The molecule has 1 fully saturated rings. The first-order chi connectivity index (χ1) is 8.23. The van der Waals surface area contributed by atoms with Crippen molar-refractivity contribution in [2.75, 3.05) is 0 Å². The smallest absolute Gasteiger partial charge is 0.324 e. The molecule has 1 saturated carbocycles. The van der Waals surface area contributed by atoms with E-state index in [-0.39, 0.29) is 12.0 Å². The third-order valence-corrected chi connectivity index (χ3v) is 3.49. The summed E-state index contributed by atoms with van der Waals surface area (Å²) in [5, 5.41) is -0.743. The van der Waals surface area contributed by atoms with Crippen molar-refractivity contribution in [2.45, 2.75) is 18.6 Å². The highest BCUT2D eigenvalue weighted by atomic mass is 35.5. The second-order valence-electron chi connectivity index (χ2n) is 4.34. The average Bonchev–Trinajstić information content (AvgIpc) is 3.04. The highest BCUT2D eigenvalue weighted by Gasteiger charge is 2.58. The van der Waals surface area contributed by atoms with Gasteiger partial charge in [-0.1, -0.05) is 17.7 Å². The van der Waals surface area contributed by atoms with Crippen LogP contribution in [0.15, 0.2) is 12.1 Å². The normalized spacial score (nSPS) is 25.1. The van der Waals surface area contributed by atoms with Crippen LogP contribution in [0.25, 0.3) is 0 Å². The summed E-state index contributed by atoms with van der Waals surface area (Å²) in [6, 6.07) is 0.799. The Morgan fingerprint density at radius 1 is 1.28 bits per heavy atom. The number of hydrogen-bond donors (Lipinski definition) is 1. The van der Waals surface area contributed by atoms with E-state index in [0.717, 1.165) is 12.1 Å². The fraction of sp³-hybridized carbons (Fsp3) is 0.455. The highest BCUT2D eigenvalue weighted by Crippen LogP contribution is 2.55. The average molecular weight is 286 g/mol. The standard InChI is InChI=1S/C11H9ClF5N/c12-8-7(13)2-1-4(9(8)14)10(18)5-3-6(5)11(15,16)17/h1-2,5-6,10H,3,18H2/t5-,6-,10?/m1/s1. The second kappa shape index (κ2) is 4.35. The van der Waals surface area contributed by atoms with Crippen LogP contribution in [0.3, 0.4) is 0 Å². The van der Waals surface area contributed by atoms with Crippen LogP contribution >= 0.6 is 11.6 Å². The largest absolute Gasteiger partial charge is 0.392 e. The van der Waals surface area contributed by atoms with Crippen molar-refractivity contribution in [1.82, 2.24) is 0 Å². The molecule has 18 heavy (non-hydrogen) atoms. The predicted octanol–water partition coefficient (Wildman–Crippen LogP) is 3.82. The summed E-state index contributed by atoms with van der Waals surface area (Å²) in [6.45, 7) is 0. The van der Waals surface area contributed by atoms with Gasteiger partial charge in [-0.15, -0.1) is 0 Å². The number of hydrogen-bond acceptors (Lipinski definition) is 1. The minimum absolute atomic E-state index is 0.140. The maximum atomic E-state index is 13.6. The van der Waals surface area contributed by atoms with Crippen LogP contribution < -0.4 is 5.73 Å². The molecule has 0 amide bonds. The maximum Gasteiger partial charge on any atom is 0.392 e. The maximum absolute atomic E-state index is 13.6. The molecule has 2 N–H and O–H groups in total. The quantitative estimate of drug-likeness (QED) is 0.649. The molecule has 1 aromatic carbocycles. The first-order valence-corrected chi connectivity index (χ1v) is 5.57. The van der Waals surface area contributed by atoms with E-state index in [9.17, 15) is 22.0 Å². The summed E-state index contributed by atoms with van der Waals surface area (Å²) in [5.41, 5.74) is 5.40. The molecule has 7 heteroatoms. The summed E-state index contributed by atoms with van der Waals surface area (Å²) in [5.74, 6) is -4.44. The van der Waals surface area contributed by atoms with E-state index in [1.165, 1.54) is 0 Å². The zero-order chi connectivity index (χ0) is 13.7. The zero-order valence-corrected chi connectivity index (χ0v) is 9.69. The molecule has 1 unspecified atom stereocenters. The van der Waals surface area contributed by atoms with Gasteiger partial charge in [0.2, 0.25) is 0 Å². The predicted molar refractivity (Wildman–Crippen MR) is 55.9 cm³/mol. The number of nitrogens with two attached hydrogens (primary N) is 1. The first kappa shape index (κ1) is 13.5. The van der Waals surface area contributed by atoms with Crippen molar-refractivity contribution in [2.24, 2.45) is 17.6 Å². The molecule has 0 spiro atoms. The minimum Gasteiger partial charge on any atom is -0.324 e. The van der Waals surface area contributed by atoms with Crippen LogP contribution in [-0.2, 0) is 0 Å². The minimum atomic E-state index is -4.33. The Bertz CT molecular complexity index is 473. The van der Waals surface area contributed by atoms with E-state index >= 15 is 0 Å². The van der Waals surface area contributed by atoms with Crippen LogP contribution in [0.5, 0.6) is 0 Å². The summed E-state index contributed by atoms with van der Waals surface area (Å²) in [6.07, 6.45) is -4.47. The zero-order valence-electron chi connectivity index (χ0n) is 8.94. The van der Waals surface area contributed by atoms with Gasteiger partial charge >= 0.3 is 6.18 Å². The van der Waals surface area contributed by atoms with Gasteiger partial charge in [0.1, 0.15) is 16.7 Å². The Kier molecular flexibility index (Phi) is 3.27. The lowest BCUT2D eigenvalue weighted by molar-refractivity contribution is -0.151. The molecule has 1 aromatic rings. The van der Waals surface area contributed by atoms with Crippen LogP contribution in [0.1, 0.15) is 18.0 Å². The highest BCUT2D eigenvalue weighted by molar-refractivity contribution is 6.30.